The molecule has 0 bridgehead atoms. The van der Waals surface area contributed by atoms with Crippen LogP contribution in [-0.2, 0) is 11.2 Å². The second kappa shape index (κ2) is 6.78. The summed E-state index contributed by atoms with van der Waals surface area (Å²) in [4.78, 5) is 22.5. The van der Waals surface area contributed by atoms with E-state index >= 15 is 0 Å². The third-order valence-electron chi connectivity index (χ3n) is 2.97. The summed E-state index contributed by atoms with van der Waals surface area (Å²) in [5.41, 5.74) is 6.52. The lowest BCUT2D eigenvalue weighted by molar-refractivity contribution is -0.121. The molecular formula is C14H21N3O2. The molecule has 5 nitrogen and oxygen atoms in total. The number of carbonyl (C=O) groups is 2. The molecule has 0 saturated heterocycles. The zero-order chi connectivity index (χ0) is 14.4. The number of carbonyl (C=O) groups excluding carboxylic acids is 2. The van der Waals surface area contributed by atoms with Crippen molar-refractivity contribution in [1.82, 2.24) is 5.32 Å². The van der Waals surface area contributed by atoms with Gasteiger partial charge in [0.1, 0.15) is 0 Å². The third kappa shape index (κ3) is 5.42. The molecule has 0 aliphatic heterocycles. The Labute approximate surface area is 113 Å². The van der Waals surface area contributed by atoms with Crippen molar-refractivity contribution >= 4 is 17.6 Å². The van der Waals surface area contributed by atoms with Crippen LogP contribution >= 0.6 is 0 Å². The van der Waals surface area contributed by atoms with E-state index in [9.17, 15) is 9.59 Å². The number of rotatable bonds is 5. The van der Waals surface area contributed by atoms with Crippen LogP contribution in [0.3, 0.4) is 0 Å². The molecule has 1 atom stereocenters. The standard InChI is InChI=1S/C14H21N3O2/c1-9(2)10(3)16-13(18)8-11-4-6-12(7-5-11)17-14(15)19/h4-7,9-10H,8H2,1-3H3,(H,16,18)(H3,15,17,19)/t10-/m1/s1. The number of amides is 3. The number of nitrogens with one attached hydrogen (secondary N) is 2. The van der Waals surface area contributed by atoms with Crippen LogP contribution < -0.4 is 16.4 Å². The van der Waals surface area contributed by atoms with E-state index in [1.165, 1.54) is 0 Å². The fraction of sp³-hybridized carbons (Fsp3) is 0.429. The summed E-state index contributed by atoms with van der Waals surface area (Å²) >= 11 is 0. The van der Waals surface area contributed by atoms with Crippen LogP contribution in [0.15, 0.2) is 24.3 Å². The van der Waals surface area contributed by atoms with E-state index < -0.39 is 6.03 Å². The SMILES string of the molecule is CC(C)[C@@H](C)NC(=O)Cc1ccc(NC(N)=O)cc1. The van der Waals surface area contributed by atoms with Crippen LogP contribution in [0.5, 0.6) is 0 Å². The Morgan fingerprint density at radius 2 is 1.74 bits per heavy atom. The first kappa shape index (κ1) is 15.0. The quantitative estimate of drug-likeness (QED) is 0.757. The van der Waals surface area contributed by atoms with E-state index in [-0.39, 0.29) is 11.9 Å². The molecule has 0 aliphatic carbocycles. The Morgan fingerprint density at radius 1 is 1.16 bits per heavy atom. The lowest BCUT2D eigenvalue weighted by atomic mass is 10.1. The highest BCUT2D eigenvalue weighted by Crippen LogP contribution is 2.10. The molecule has 0 aliphatic rings. The first-order valence-electron chi connectivity index (χ1n) is 6.33. The normalized spacial score (nSPS) is 12.0. The molecule has 0 fully saturated rings. The average Bonchev–Trinajstić information content (AvgIpc) is 2.30. The monoisotopic (exact) mass is 263 g/mol. The van der Waals surface area contributed by atoms with E-state index in [1.807, 2.05) is 6.92 Å². The Hall–Kier alpha value is -2.04. The van der Waals surface area contributed by atoms with E-state index in [2.05, 4.69) is 24.5 Å². The van der Waals surface area contributed by atoms with Gasteiger partial charge >= 0.3 is 6.03 Å². The average molecular weight is 263 g/mol. The summed E-state index contributed by atoms with van der Waals surface area (Å²) in [7, 11) is 0. The Kier molecular flexibility index (Phi) is 5.36. The number of primary amides is 1. The Bertz CT molecular complexity index is 441. The maximum Gasteiger partial charge on any atom is 0.316 e. The predicted octanol–water partition coefficient (Wildman–Crippen LogP) is 1.88. The van der Waals surface area contributed by atoms with Gasteiger partial charge in [-0.2, -0.15) is 0 Å². The molecule has 0 unspecified atom stereocenters. The maximum atomic E-state index is 11.8. The van der Waals surface area contributed by atoms with Crippen LogP contribution in [0.1, 0.15) is 26.3 Å². The van der Waals surface area contributed by atoms with Crippen LogP contribution in [-0.4, -0.2) is 18.0 Å². The minimum atomic E-state index is -0.601. The first-order valence-corrected chi connectivity index (χ1v) is 6.33. The van der Waals surface area contributed by atoms with Crippen LogP contribution in [0.4, 0.5) is 10.5 Å². The topological polar surface area (TPSA) is 84.2 Å². The van der Waals surface area contributed by atoms with Gasteiger partial charge in [-0.3, -0.25) is 4.79 Å². The van der Waals surface area contributed by atoms with Gasteiger partial charge in [-0.1, -0.05) is 26.0 Å². The zero-order valence-corrected chi connectivity index (χ0v) is 11.6. The summed E-state index contributed by atoms with van der Waals surface area (Å²) in [5.74, 6) is 0.405. The van der Waals surface area contributed by atoms with Gasteiger partial charge in [0.2, 0.25) is 5.91 Å². The van der Waals surface area contributed by atoms with Crippen LogP contribution in [0.25, 0.3) is 0 Å². The van der Waals surface area contributed by atoms with Gasteiger partial charge in [0.25, 0.3) is 0 Å². The van der Waals surface area contributed by atoms with Gasteiger partial charge in [-0.25, -0.2) is 4.79 Å². The van der Waals surface area contributed by atoms with E-state index in [0.717, 1.165) is 5.56 Å². The van der Waals surface area contributed by atoms with Gasteiger partial charge in [-0.15, -0.1) is 0 Å². The zero-order valence-electron chi connectivity index (χ0n) is 11.6. The van der Waals surface area contributed by atoms with Gasteiger partial charge in [0.15, 0.2) is 0 Å². The first-order chi connectivity index (χ1) is 8.88. The fourth-order valence-corrected chi connectivity index (χ4v) is 1.51. The van der Waals surface area contributed by atoms with Crippen molar-refractivity contribution in [2.45, 2.75) is 33.2 Å². The van der Waals surface area contributed by atoms with Gasteiger partial charge in [0.05, 0.1) is 6.42 Å². The van der Waals surface area contributed by atoms with Crippen molar-refractivity contribution in [3.05, 3.63) is 29.8 Å². The molecule has 19 heavy (non-hydrogen) atoms. The Morgan fingerprint density at radius 3 is 2.21 bits per heavy atom. The number of nitrogens with two attached hydrogens (primary N) is 1. The molecule has 0 spiro atoms. The second-order valence-corrected chi connectivity index (χ2v) is 4.96. The molecule has 1 rings (SSSR count). The van der Waals surface area contributed by atoms with Crippen LogP contribution in [0, 0.1) is 5.92 Å². The molecule has 5 heteroatoms. The fourth-order valence-electron chi connectivity index (χ4n) is 1.51. The number of hydrogen-bond acceptors (Lipinski definition) is 2. The van der Waals surface area contributed by atoms with Crippen molar-refractivity contribution in [2.24, 2.45) is 11.7 Å². The molecule has 0 saturated carbocycles. The van der Waals surface area contributed by atoms with Gasteiger partial charge < -0.3 is 16.4 Å². The van der Waals surface area contributed by atoms with Gasteiger partial charge in [0, 0.05) is 11.7 Å². The minimum Gasteiger partial charge on any atom is -0.353 e. The van der Waals surface area contributed by atoms with E-state index in [1.54, 1.807) is 24.3 Å². The smallest absolute Gasteiger partial charge is 0.316 e. The van der Waals surface area contributed by atoms with Crippen molar-refractivity contribution in [3.63, 3.8) is 0 Å². The summed E-state index contributed by atoms with van der Waals surface area (Å²) in [5, 5.41) is 5.42. The van der Waals surface area contributed by atoms with Gasteiger partial charge in [-0.05, 0) is 30.5 Å². The maximum absolute atomic E-state index is 11.8. The minimum absolute atomic E-state index is 0.00295. The molecule has 1 aromatic carbocycles. The van der Waals surface area contributed by atoms with E-state index in [4.69, 9.17) is 5.73 Å². The molecule has 0 aromatic heterocycles. The van der Waals surface area contributed by atoms with Crippen molar-refractivity contribution < 1.29 is 9.59 Å². The lowest BCUT2D eigenvalue weighted by Crippen LogP contribution is -2.37. The number of urea groups is 1. The van der Waals surface area contributed by atoms with Crippen molar-refractivity contribution in [2.75, 3.05) is 5.32 Å². The summed E-state index contributed by atoms with van der Waals surface area (Å²) in [6.45, 7) is 6.12. The van der Waals surface area contributed by atoms with Crippen molar-refractivity contribution in [3.8, 4) is 0 Å². The molecule has 0 heterocycles. The molecule has 0 radical (unpaired) electrons. The van der Waals surface area contributed by atoms with Crippen molar-refractivity contribution in [1.29, 1.82) is 0 Å². The molecule has 4 N–H and O–H groups in total. The summed E-state index contributed by atoms with van der Waals surface area (Å²) in [6.07, 6.45) is 0.327. The summed E-state index contributed by atoms with van der Waals surface area (Å²) in [6, 6.07) is 6.59. The van der Waals surface area contributed by atoms with E-state index in [0.29, 0.717) is 18.0 Å². The molecule has 104 valence electrons. The third-order valence-corrected chi connectivity index (χ3v) is 2.97. The molecule has 3 amide bonds. The predicted molar refractivity (Wildman–Crippen MR) is 75.8 cm³/mol. The summed E-state index contributed by atoms with van der Waals surface area (Å²) < 4.78 is 0. The second-order valence-electron chi connectivity index (χ2n) is 4.96. The lowest BCUT2D eigenvalue weighted by Gasteiger charge is -2.17. The molecule has 1 aromatic rings. The number of anilines is 1. The number of benzene rings is 1. The highest BCUT2D eigenvalue weighted by atomic mass is 16.2. The Balaban J connectivity index is 2.53. The highest BCUT2D eigenvalue weighted by molar-refractivity contribution is 5.87. The largest absolute Gasteiger partial charge is 0.353 e. The highest BCUT2D eigenvalue weighted by Gasteiger charge is 2.11. The molecular weight excluding hydrogens is 242 g/mol. The van der Waals surface area contributed by atoms with Crippen LogP contribution in [0.2, 0.25) is 0 Å². The number of hydrogen-bond donors (Lipinski definition) is 3.